The summed E-state index contributed by atoms with van der Waals surface area (Å²) in [6.45, 7) is 1.97. The van der Waals surface area contributed by atoms with Crippen molar-refractivity contribution in [2.75, 3.05) is 0 Å². The minimum Gasteiger partial charge on any atom is -0.348 e. The number of nitrogens with zero attached hydrogens (tertiary/aromatic N) is 3. The van der Waals surface area contributed by atoms with Crippen molar-refractivity contribution < 1.29 is 4.79 Å². The molecule has 5 rings (SSSR count). The molecule has 2 aromatic heterocycles. The summed E-state index contributed by atoms with van der Waals surface area (Å²) in [7, 11) is 0. The second kappa shape index (κ2) is 8.55. The third kappa shape index (κ3) is 4.18. The number of hydrogen-bond donors (Lipinski definition) is 1. The lowest BCUT2D eigenvalue weighted by molar-refractivity contribution is -0.121. The molecule has 0 saturated heterocycles. The number of thioether (sulfide) groups is 1. The Morgan fingerprint density at radius 2 is 2.10 bits per heavy atom. The topological polar surface area (TPSA) is 59.8 Å². The Balaban J connectivity index is 1.28. The second-order valence-electron chi connectivity index (χ2n) is 8.17. The molecule has 3 aromatic rings. The van der Waals surface area contributed by atoms with Crippen LogP contribution in [0.4, 0.5) is 0 Å². The number of thiophene rings is 1. The number of carbonyl (C=O) groups is 1. The van der Waals surface area contributed by atoms with E-state index in [1.54, 1.807) is 11.3 Å². The lowest BCUT2D eigenvalue weighted by Gasteiger charge is -2.27. The number of carbonyl (C=O) groups excluding carboxylic acids is 1. The molecule has 0 bridgehead atoms. The Kier molecular flexibility index (Phi) is 5.65. The van der Waals surface area contributed by atoms with Crippen molar-refractivity contribution >= 4 is 29.0 Å². The summed E-state index contributed by atoms with van der Waals surface area (Å²) in [5, 5.41) is 15.0. The predicted molar refractivity (Wildman–Crippen MR) is 121 cm³/mol. The molecule has 0 spiro atoms. The summed E-state index contributed by atoms with van der Waals surface area (Å²) >= 11 is 3.28. The summed E-state index contributed by atoms with van der Waals surface area (Å²) in [6, 6.07) is 13.3. The lowest BCUT2D eigenvalue weighted by Crippen LogP contribution is -2.36. The SMILES string of the molecule is C[C@@H](Sc1nnc(Cc2cccs2)n1C1CC1)C(=O)N[C@@H]1CCCc2ccccc21. The smallest absolute Gasteiger partial charge is 0.233 e. The van der Waals surface area contributed by atoms with Gasteiger partial charge in [-0.25, -0.2) is 0 Å². The van der Waals surface area contributed by atoms with Crippen LogP contribution in [-0.4, -0.2) is 25.9 Å². The number of nitrogens with one attached hydrogen (secondary N) is 1. The normalized spacial score (nSPS) is 19.3. The van der Waals surface area contributed by atoms with E-state index in [1.807, 2.05) is 6.92 Å². The highest BCUT2D eigenvalue weighted by atomic mass is 32.2. The standard InChI is InChI=1S/C23H26N4OS2/c1-15(22(28)24-20-10-4-7-16-6-2-3-9-19(16)20)30-23-26-25-21(27(23)17-11-12-17)14-18-8-5-13-29-18/h2-3,5-6,8-9,13,15,17,20H,4,7,10-12,14H2,1H3,(H,24,28)/t15-,20-/m1/s1. The van der Waals surface area contributed by atoms with E-state index in [9.17, 15) is 4.79 Å². The molecule has 2 atom stereocenters. The van der Waals surface area contributed by atoms with Crippen LogP contribution >= 0.6 is 23.1 Å². The van der Waals surface area contributed by atoms with Crippen LogP contribution in [0.2, 0.25) is 0 Å². The van der Waals surface area contributed by atoms with E-state index >= 15 is 0 Å². The third-order valence-electron chi connectivity index (χ3n) is 5.90. The van der Waals surface area contributed by atoms with E-state index in [2.05, 4.69) is 61.9 Å². The maximum atomic E-state index is 13.0. The van der Waals surface area contributed by atoms with Gasteiger partial charge in [0.25, 0.3) is 0 Å². The summed E-state index contributed by atoms with van der Waals surface area (Å²) < 4.78 is 2.27. The first kappa shape index (κ1) is 19.8. The number of hydrogen-bond acceptors (Lipinski definition) is 5. The fourth-order valence-corrected chi connectivity index (χ4v) is 5.83. The Morgan fingerprint density at radius 3 is 2.90 bits per heavy atom. The van der Waals surface area contributed by atoms with Crippen LogP contribution in [-0.2, 0) is 17.6 Å². The van der Waals surface area contributed by atoms with Gasteiger partial charge in [0.2, 0.25) is 5.91 Å². The highest BCUT2D eigenvalue weighted by Gasteiger charge is 2.31. The summed E-state index contributed by atoms with van der Waals surface area (Å²) in [6.07, 6.45) is 6.37. The van der Waals surface area contributed by atoms with Gasteiger partial charge in [-0.3, -0.25) is 4.79 Å². The molecule has 30 heavy (non-hydrogen) atoms. The van der Waals surface area contributed by atoms with Gasteiger partial charge in [0.15, 0.2) is 5.16 Å². The van der Waals surface area contributed by atoms with Crippen LogP contribution < -0.4 is 5.32 Å². The average Bonchev–Trinajstić information content (AvgIpc) is 3.32. The molecular formula is C23H26N4OS2. The molecule has 156 valence electrons. The molecule has 2 aliphatic rings. The van der Waals surface area contributed by atoms with Gasteiger partial charge in [0.1, 0.15) is 5.82 Å². The zero-order valence-electron chi connectivity index (χ0n) is 17.1. The van der Waals surface area contributed by atoms with E-state index in [4.69, 9.17) is 0 Å². The summed E-state index contributed by atoms with van der Waals surface area (Å²) in [5.41, 5.74) is 2.63. The van der Waals surface area contributed by atoms with Crippen LogP contribution in [0.3, 0.4) is 0 Å². The number of aryl methyl sites for hydroxylation is 1. The minimum atomic E-state index is -0.213. The van der Waals surface area contributed by atoms with Gasteiger partial charge in [-0.15, -0.1) is 21.5 Å². The lowest BCUT2D eigenvalue weighted by atomic mass is 9.88. The quantitative estimate of drug-likeness (QED) is 0.531. The number of aromatic nitrogens is 3. The van der Waals surface area contributed by atoms with Crippen molar-refractivity contribution in [2.24, 2.45) is 0 Å². The molecule has 1 saturated carbocycles. The van der Waals surface area contributed by atoms with Crippen LogP contribution in [0.25, 0.3) is 0 Å². The number of rotatable bonds is 7. The summed E-state index contributed by atoms with van der Waals surface area (Å²) in [5.74, 6) is 1.09. The maximum absolute atomic E-state index is 13.0. The highest BCUT2D eigenvalue weighted by Crippen LogP contribution is 2.40. The van der Waals surface area contributed by atoms with Crippen molar-refractivity contribution in [3.8, 4) is 0 Å². The molecule has 0 radical (unpaired) electrons. The second-order valence-corrected chi connectivity index (χ2v) is 10.5. The first-order chi connectivity index (χ1) is 14.7. The molecule has 2 aliphatic carbocycles. The van der Waals surface area contributed by atoms with Crippen molar-refractivity contribution in [1.29, 1.82) is 0 Å². The molecule has 1 aromatic carbocycles. The first-order valence-corrected chi connectivity index (χ1v) is 12.5. The molecule has 1 N–H and O–H groups in total. The average molecular weight is 439 g/mol. The molecule has 2 heterocycles. The van der Waals surface area contributed by atoms with Gasteiger partial charge >= 0.3 is 0 Å². The molecule has 5 nitrogen and oxygen atoms in total. The molecule has 1 amide bonds. The van der Waals surface area contributed by atoms with Crippen LogP contribution in [0.15, 0.2) is 46.9 Å². The van der Waals surface area contributed by atoms with E-state index in [1.165, 1.54) is 40.6 Å². The van der Waals surface area contributed by atoms with Crippen molar-refractivity contribution in [3.05, 3.63) is 63.6 Å². The van der Waals surface area contributed by atoms with Crippen LogP contribution in [0.5, 0.6) is 0 Å². The molecule has 0 aliphatic heterocycles. The molecule has 7 heteroatoms. The summed E-state index contributed by atoms with van der Waals surface area (Å²) in [4.78, 5) is 14.3. The van der Waals surface area contributed by atoms with Gasteiger partial charge in [-0.2, -0.15) is 0 Å². The third-order valence-corrected chi connectivity index (χ3v) is 7.83. The highest BCUT2D eigenvalue weighted by molar-refractivity contribution is 8.00. The van der Waals surface area contributed by atoms with Crippen molar-refractivity contribution in [3.63, 3.8) is 0 Å². The molecule has 1 fully saturated rings. The van der Waals surface area contributed by atoms with Gasteiger partial charge in [0, 0.05) is 17.3 Å². The van der Waals surface area contributed by atoms with Gasteiger partial charge < -0.3 is 9.88 Å². The zero-order valence-corrected chi connectivity index (χ0v) is 18.7. The number of amides is 1. The Morgan fingerprint density at radius 1 is 1.23 bits per heavy atom. The van der Waals surface area contributed by atoms with Crippen LogP contribution in [0.1, 0.15) is 66.5 Å². The Bertz CT molecular complexity index is 1030. The Labute approximate surface area is 185 Å². The van der Waals surface area contributed by atoms with Crippen molar-refractivity contribution in [1.82, 2.24) is 20.1 Å². The van der Waals surface area contributed by atoms with Gasteiger partial charge in [-0.05, 0) is 61.6 Å². The number of fused-ring (bicyclic) bond motifs is 1. The molecule has 0 unspecified atom stereocenters. The fraction of sp³-hybridized carbons (Fsp3) is 0.435. The minimum absolute atomic E-state index is 0.0758. The van der Waals surface area contributed by atoms with E-state index < -0.39 is 0 Å². The van der Waals surface area contributed by atoms with E-state index in [0.29, 0.717) is 6.04 Å². The van der Waals surface area contributed by atoms with E-state index in [0.717, 1.165) is 36.7 Å². The molecular weight excluding hydrogens is 412 g/mol. The largest absolute Gasteiger partial charge is 0.348 e. The predicted octanol–water partition coefficient (Wildman–Crippen LogP) is 4.94. The monoisotopic (exact) mass is 438 g/mol. The maximum Gasteiger partial charge on any atom is 0.233 e. The van der Waals surface area contributed by atoms with Crippen molar-refractivity contribution in [2.45, 2.75) is 67.9 Å². The first-order valence-electron chi connectivity index (χ1n) is 10.7. The van der Waals surface area contributed by atoms with Gasteiger partial charge in [-0.1, -0.05) is 42.1 Å². The zero-order chi connectivity index (χ0) is 20.5. The van der Waals surface area contributed by atoms with Crippen LogP contribution in [0, 0.1) is 0 Å². The van der Waals surface area contributed by atoms with Gasteiger partial charge in [0.05, 0.1) is 11.3 Å². The van der Waals surface area contributed by atoms with E-state index in [-0.39, 0.29) is 17.2 Å². The fourth-order valence-electron chi connectivity index (χ4n) is 4.18. The Hall–Kier alpha value is -2.12. The number of benzene rings is 1.